The molecule has 6 N–H and O–H groups in total. The standard InChI is InChI=1S/C18H30N4O7/c1-10(16(28)20-9-12(23)18(2,3)4)21-17(29)11(8-13(19)24)22-14(25)6-5-7-15(26)27/h10-11H,5-9H2,1-4H3,(H2,19,24)(H,20,28)(H,21,29)(H,22,25)(H,26,27)/t10-,11-/m0/s1. The molecule has 0 aromatic rings. The number of ketones is 1. The summed E-state index contributed by atoms with van der Waals surface area (Å²) in [6.45, 7) is 6.30. The Balaban J connectivity index is 4.76. The summed E-state index contributed by atoms with van der Waals surface area (Å²) in [5.74, 6) is -4.13. The van der Waals surface area contributed by atoms with Crippen molar-refractivity contribution in [2.24, 2.45) is 11.1 Å². The van der Waals surface area contributed by atoms with Gasteiger partial charge in [0.2, 0.25) is 23.6 Å². The van der Waals surface area contributed by atoms with Crippen molar-refractivity contribution < 1.29 is 33.9 Å². The van der Waals surface area contributed by atoms with Crippen LogP contribution in [0.4, 0.5) is 0 Å². The number of carbonyl (C=O) groups is 6. The first-order chi connectivity index (χ1) is 13.2. The molecule has 0 heterocycles. The van der Waals surface area contributed by atoms with E-state index in [-0.39, 0.29) is 31.6 Å². The van der Waals surface area contributed by atoms with Crippen molar-refractivity contribution in [1.29, 1.82) is 0 Å². The van der Waals surface area contributed by atoms with Gasteiger partial charge in [-0.25, -0.2) is 0 Å². The molecule has 0 fully saturated rings. The predicted octanol–water partition coefficient (Wildman–Crippen LogP) is -1.16. The van der Waals surface area contributed by atoms with Gasteiger partial charge in [-0.1, -0.05) is 20.8 Å². The van der Waals surface area contributed by atoms with E-state index in [1.165, 1.54) is 6.92 Å². The normalized spacial score (nSPS) is 13.0. The highest BCUT2D eigenvalue weighted by Crippen LogP contribution is 2.13. The van der Waals surface area contributed by atoms with Gasteiger partial charge < -0.3 is 26.8 Å². The van der Waals surface area contributed by atoms with Crippen LogP contribution in [0.3, 0.4) is 0 Å². The van der Waals surface area contributed by atoms with Crippen LogP contribution in [0.2, 0.25) is 0 Å². The van der Waals surface area contributed by atoms with Crippen molar-refractivity contribution in [3.8, 4) is 0 Å². The smallest absolute Gasteiger partial charge is 0.303 e. The average molecular weight is 414 g/mol. The lowest BCUT2D eigenvalue weighted by Crippen LogP contribution is -2.54. The van der Waals surface area contributed by atoms with Gasteiger partial charge in [0.25, 0.3) is 0 Å². The Kier molecular flexibility index (Phi) is 10.6. The third-order valence-corrected chi connectivity index (χ3v) is 3.86. The number of amides is 4. The summed E-state index contributed by atoms with van der Waals surface area (Å²) in [6.07, 6.45) is -0.801. The van der Waals surface area contributed by atoms with Crippen molar-refractivity contribution in [3.05, 3.63) is 0 Å². The van der Waals surface area contributed by atoms with Gasteiger partial charge in [0.1, 0.15) is 12.1 Å². The lowest BCUT2D eigenvalue weighted by molar-refractivity contribution is -0.137. The molecule has 11 nitrogen and oxygen atoms in total. The topological polar surface area (TPSA) is 185 Å². The third kappa shape index (κ3) is 11.5. The minimum atomic E-state index is -1.31. The van der Waals surface area contributed by atoms with Crippen LogP contribution < -0.4 is 21.7 Å². The van der Waals surface area contributed by atoms with Crippen molar-refractivity contribution >= 4 is 35.4 Å². The Morgan fingerprint density at radius 2 is 1.55 bits per heavy atom. The van der Waals surface area contributed by atoms with Crippen molar-refractivity contribution in [2.45, 2.75) is 65.5 Å². The first-order valence-electron chi connectivity index (χ1n) is 9.15. The average Bonchev–Trinajstić information content (AvgIpc) is 2.56. The van der Waals surface area contributed by atoms with E-state index in [0.29, 0.717) is 0 Å². The zero-order chi connectivity index (χ0) is 22.8. The number of hydrogen-bond donors (Lipinski definition) is 5. The highest BCUT2D eigenvalue weighted by atomic mass is 16.4. The molecule has 0 spiro atoms. The number of nitrogens with two attached hydrogens (primary N) is 1. The lowest BCUT2D eigenvalue weighted by atomic mass is 9.91. The number of rotatable bonds is 12. The summed E-state index contributed by atoms with van der Waals surface area (Å²) in [4.78, 5) is 69.8. The van der Waals surface area contributed by atoms with Gasteiger partial charge in [-0.15, -0.1) is 0 Å². The van der Waals surface area contributed by atoms with Crippen LogP contribution in [0.5, 0.6) is 0 Å². The van der Waals surface area contributed by atoms with Crippen LogP contribution in [0.1, 0.15) is 53.4 Å². The van der Waals surface area contributed by atoms with Crippen LogP contribution >= 0.6 is 0 Å². The van der Waals surface area contributed by atoms with Crippen LogP contribution in [-0.4, -0.2) is 59.1 Å². The summed E-state index contributed by atoms with van der Waals surface area (Å²) in [5.41, 5.74) is 4.47. The number of primary amides is 1. The molecule has 0 aliphatic rings. The molecule has 0 aliphatic carbocycles. The van der Waals surface area contributed by atoms with E-state index < -0.39 is 53.5 Å². The Bertz CT molecular complexity index is 655. The Morgan fingerprint density at radius 3 is 2.03 bits per heavy atom. The zero-order valence-corrected chi connectivity index (χ0v) is 17.2. The highest BCUT2D eigenvalue weighted by molar-refractivity contribution is 5.95. The number of aliphatic carboxylic acids is 1. The second-order valence-electron chi connectivity index (χ2n) is 7.66. The molecule has 0 saturated heterocycles. The molecule has 29 heavy (non-hydrogen) atoms. The maximum absolute atomic E-state index is 12.3. The quantitative estimate of drug-likeness (QED) is 0.266. The number of carbonyl (C=O) groups excluding carboxylic acids is 5. The molecule has 0 aromatic heterocycles. The van der Waals surface area contributed by atoms with Crippen molar-refractivity contribution in [1.82, 2.24) is 16.0 Å². The zero-order valence-electron chi connectivity index (χ0n) is 17.2. The Hall–Kier alpha value is -2.98. The fraction of sp³-hybridized carbons (Fsp3) is 0.667. The Labute approximate surface area is 169 Å². The first kappa shape index (κ1) is 26.0. The van der Waals surface area contributed by atoms with Gasteiger partial charge >= 0.3 is 5.97 Å². The van der Waals surface area contributed by atoms with Gasteiger partial charge in [-0.3, -0.25) is 28.8 Å². The predicted molar refractivity (Wildman–Crippen MR) is 102 cm³/mol. The minimum absolute atomic E-state index is 0.0622. The molecule has 4 amide bonds. The molecule has 0 bridgehead atoms. The second-order valence-corrected chi connectivity index (χ2v) is 7.66. The molecular formula is C18H30N4O7. The van der Waals surface area contributed by atoms with E-state index in [0.717, 1.165) is 0 Å². The van der Waals surface area contributed by atoms with Crippen LogP contribution in [0, 0.1) is 5.41 Å². The fourth-order valence-corrected chi connectivity index (χ4v) is 2.04. The molecule has 0 unspecified atom stereocenters. The number of carboxylic acids is 1. The molecule has 11 heteroatoms. The summed E-state index contributed by atoms with van der Waals surface area (Å²) >= 11 is 0. The van der Waals surface area contributed by atoms with E-state index in [4.69, 9.17) is 10.8 Å². The van der Waals surface area contributed by atoms with E-state index in [1.54, 1.807) is 20.8 Å². The monoisotopic (exact) mass is 414 g/mol. The maximum atomic E-state index is 12.3. The van der Waals surface area contributed by atoms with E-state index in [2.05, 4.69) is 16.0 Å². The summed E-state index contributed by atoms with van der Waals surface area (Å²) in [5, 5.41) is 15.6. The minimum Gasteiger partial charge on any atom is -0.481 e. The number of hydrogen-bond acceptors (Lipinski definition) is 6. The van der Waals surface area contributed by atoms with Crippen molar-refractivity contribution in [2.75, 3.05) is 6.54 Å². The first-order valence-corrected chi connectivity index (χ1v) is 9.15. The second kappa shape index (κ2) is 11.8. The Morgan fingerprint density at radius 1 is 0.966 bits per heavy atom. The van der Waals surface area contributed by atoms with Crippen LogP contribution in [-0.2, 0) is 28.8 Å². The molecular weight excluding hydrogens is 384 g/mol. The molecule has 164 valence electrons. The molecule has 0 aromatic carbocycles. The number of nitrogens with one attached hydrogen (secondary N) is 3. The summed E-state index contributed by atoms with van der Waals surface area (Å²) in [7, 11) is 0. The highest BCUT2D eigenvalue weighted by Gasteiger charge is 2.27. The number of carboxylic acid groups (broad SMARTS) is 1. The molecule has 0 radical (unpaired) electrons. The van der Waals surface area contributed by atoms with E-state index in [1.807, 2.05) is 0 Å². The van der Waals surface area contributed by atoms with Gasteiger partial charge in [-0.05, 0) is 13.3 Å². The third-order valence-electron chi connectivity index (χ3n) is 3.86. The van der Waals surface area contributed by atoms with Gasteiger partial charge in [0, 0.05) is 18.3 Å². The number of Topliss-reactive ketones (excluding diaryl/α,β-unsaturated/α-hetero) is 1. The van der Waals surface area contributed by atoms with E-state index in [9.17, 15) is 28.8 Å². The van der Waals surface area contributed by atoms with E-state index >= 15 is 0 Å². The largest absolute Gasteiger partial charge is 0.481 e. The van der Waals surface area contributed by atoms with Crippen LogP contribution in [0.25, 0.3) is 0 Å². The summed E-state index contributed by atoms with van der Waals surface area (Å²) < 4.78 is 0. The molecule has 0 aliphatic heterocycles. The molecule has 0 rings (SSSR count). The maximum Gasteiger partial charge on any atom is 0.303 e. The van der Waals surface area contributed by atoms with Gasteiger partial charge in [0.15, 0.2) is 5.78 Å². The van der Waals surface area contributed by atoms with Crippen molar-refractivity contribution in [3.63, 3.8) is 0 Å². The fourth-order valence-electron chi connectivity index (χ4n) is 2.04. The lowest BCUT2D eigenvalue weighted by Gasteiger charge is -2.21. The molecule has 2 atom stereocenters. The van der Waals surface area contributed by atoms with Crippen LogP contribution in [0.15, 0.2) is 0 Å². The van der Waals surface area contributed by atoms with Gasteiger partial charge in [-0.2, -0.15) is 0 Å². The van der Waals surface area contributed by atoms with Gasteiger partial charge in [0.05, 0.1) is 13.0 Å². The summed E-state index contributed by atoms with van der Waals surface area (Å²) in [6, 6.07) is -2.34. The SMILES string of the molecule is C[C@H](NC(=O)[C@H](CC(N)=O)NC(=O)CCCC(=O)O)C(=O)NCC(=O)C(C)(C)C. The molecule has 0 saturated carbocycles.